The maximum absolute atomic E-state index is 12.9. The van der Waals surface area contributed by atoms with E-state index in [0.29, 0.717) is 5.56 Å². The van der Waals surface area contributed by atoms with Crippen molar-refractivity contribution in [3.05, 3.63) is 48.3 Å². The van der Waals surface area contributed by atoms with Gasteiger partial charge in [0.1, 0.15) is 11.3 Å². The molecule has 3 aromatic rings. The number of aromatic nitrogens is 3. The van der Waals surface area contributed by atoms with Crippen LogP contribution in [0.4, 0.5) is 0 Å². The fraction of sp³-hybridized carbons (Fsp3) is 0.389. The van der Waals surface area contributed by atoms with Gasteiger partial charge in [-0.05, 0) is 44.9 Å². The molecule has 6 nitrogen and oxygen atoms in total. The van der Waals surface area contributed by atoms with Crippen molar-refractivity contribution < 1.29 is 9.21 Å². The highest BCUT2D eigenvalue weighted by molar-refractivity contribution is 5.96. The molecule has 1 unspecified atom stereocenters. The molecule has 1 aliphatic heterocycles. The van der Waals surface area contributed by atoms with Crippen molar-refractivity contribution in [2.75, 3.05) is 6.54 Å². The van der Waals surface area contributed by atoms with E-state index in [9.17, 15) is 4.79 Å². The number of carbonyl (C=O) groups excluding carboxylic acids is 1. The lowest BCUT2D eigenvalue weighted by molar-refractivity contribution is 0.0719. The van der Waals surface area contributed by atoms with Crippen molar-refractivity contribution in [2.24, 2.45) is 0 Å². The molecule has 1 atom stereocenters. The first-order chi connectivity index (χ1) is 11.6. The summed E-state index contributed by atoms with van der Waals surface area (Å²) in [7, 11) is 0. The molecule has 0 bridgehead atoms. The van der Waals surface area contributed by atoms with Crippen molar-refractivity contribution >= 4 is 17.1 Å². The lowest BCUT2D eigenvalue weighted by Gasteiger charge is -2.23. The van der Waals surface area contributed by atoms with Crippen LogP contribution < -0.4 is 0 Å². The second-order valence-corrected chi connectivity index (χ2v) is 6.48. The van der Waals surface area contributed by atoms with E-state index < -0.39 is 0 Å². The van der Waals surface area contributed by atoms with Gasteiger partial charge in [0.25, 0.3) is 5.91 Å². The first-order valence-corrected chi connectivity index (χ1v) is 8.32. The number of imidazole rings is 1. The summed E-state index contributed by atoms with van der Waals surface area (Å²) in [5, 5.41) is 0. The quantitative estimate of drug-likeness (QED) is 0.738. The Balaban J connectivity index is 1.65. The highest BCUT2D eigenvalue weighted by Gasteiger charge is 2.32. The lowest BCUT2D eigenvalue weighted by atomic mass is 10.1. The molecule has 6 heteroatoms. The van der Waals surface area contributed by atoms with Gasteiger partial charge < -0.3 is 13.9 Å². The Bertz CT molecular complexity index is 866. The third kappa shape index (κ3) is 2.38. The van der Waals surface area contributed by atoms with Gasteiger partial charge >= 0.3 is 0 Å². The Morgan fingerprint density at radius 3 is 3.00 bits per heavy atom. The Labute approximate surface area is 140 Å². The minimum Gasteiger partial charge on any atom is -0.467 e. The first-order valence-electron chi connectivity index (χ1n) is 8.32. The highest BCUT2D eigenvalue weighted by Crippen LogP contribution is 2.33. The number of carbonyl (C=O) groups is 1. The molecule has 0 N–H and O–H groups in total. The predicted molar refractivity (Wildman–Crippen MR) is 89.6 cm³/mol. The summed E-state index contributed by atoms with van der Waals surface area (Å²) in [5.41, 5.74) is 2.14. The van der Waals surface area contributed by atoms with Crippen LogP contribution in [-0.2, 0) is 0 Å². The zero-order valence-corrected chi connectivity index (χ0v) is 13.8. The molecule has 4 rings (SSSR count). The molecule has 24 heavy (non-hydrogen) atoms. The van der Waals surface area contributed by atoms with Crippen LogP contribution in [0.3, 0.4) is 0 Å². The van der Waals surface area contributed by atoms with E-state index >= 15 is 0 Å². The summed E-state index contributed by atoms with van der Waals surface area (Å²) in [6, 6.07) is 5.92. The Morgan fingerprint density at radius 2 is 2.25 bits per heavy atom. The normalized spacial score (nSPS) is 18.0. The molecular formula is C18H20N4O2. The Hall–Kier alpha value is -2.63. The predicted octanol–water partition coefficient (Wildman–Crippen LogP) is 3.58. The van der Waals surface area contributed by atoms with Crippen LogP contribution in [0.5, 0.6) is 0 Å². The summed E-state index contributed by atoms with van der Waals surface area (Å²) in [5.74, 6) is 0.835. The minimum absolute atomic E-state index is 0.0106. The average Bonchev–Trinajstić information content (AvgIpc) is 3.31. The van der Waals surface area contributed by atoms with Crippen LogP contribution in [0.2, 0.25) is 0 Å². The van der Waals surface area contributed by atoms with Gasteiger partial charge in [0, 0.05) is 18.8 Å². The number of amides is 1. The molecule has 0 radical (unpaired) electrons. The van der Waals surface area contributed by atoms with Crippen molar-refractivity contribution in [3.8, 4) is 0 Å². The standard InChI is InChI=1S/C18H20N4O2/c1-12(2)22-11-20-14-9-13(10-19-17(14)22)18(23)21-7-3-5-15(21)16-6-4-8-24-16/h4,6,8-12,15H,3,5,7H2,1-2H3. The number of hydrogen-bond acceptors (Lipinski definition) is 4. The third-order valence-electron chi connectivity index (χ3n) is 4.60. The van der Waals surface area contributed by atoms with Gasteiger partial charge in [-0.15, -0.1) is 0 Å². The summed E-state index contributed by atoms with van der Waals surface area (Å²) in [4.78, 5) is 23.7. The molecule has 1 saturated heterocycles. The van der Waals surface area contributed by atoms with Crippen LogP contribution in [0, 0.1) is 0 Å². The maximum Gasteiger partial charge on any atom is 0.256 e. The zero-order chi connectivity index (χ0) is 16.7. The summed E-state index contributed by atoms with van der Waals surface area (Å²) < 4.78 is 7.51. The van der Waals surface area contributed by atoms with Gasteiger partial charge in [-0.25, -0.2) is 9.97 Å². The SMILES string of the molecule is CC(C)n1cnc2cc(C(=O)N3CCCC3c3ccco3)cnc21. The van der Waals surface area contributed by atoms with Crippen LogP contribution in [0.15, 0.2) is 41.4 Å². The number of nitrogens with zero attached hydrogens (tertiary/aromatic N) is 4. The molecular weight excluding hydrogens is 304 g/mol. The summed E-state index contributed by atoms with van der Waals surface area (Å²) in [6.45, 7) is 4.91. The van der Waals surface area contributed by atoms with Crippen molar-refractivity contribution in [3.63, 3.8) is 0 Å². The van der Waals surface area contributed by atoms with Gasteiger partial charge in [-0.2, -0.15) is 0 Å². The number of likely N-dealkylation sites (tertiary alicyclic amines) is 1. The van der Waals surface area contributed by atoms with Gasteiger partial charge in [0.15, 0.2) is 5.65 Å². The average molecular weight is 324 g/mol. The van der Waals surface area contributed by atoms with Gasteiger partial charge in [-0.3, -0.25) is 4.79 Å². The number of rotatable bonds is 3. The molecule has 1 fully saturated rings. The molecule has 4 heterocycles. The van der Waals surface area contributed by atoms with Crippen LogP contribution in [0.25, 0.3) is 11.2 Å². The number of fused-ring (bicyclic) bond motifs is 1. The molecule has 3 aromatic heterocycles. The second kappa shape index (κ2) is 5.78. The first kappa shape index (κ1) is 14.9. The Kier molecular flexibility index (Phi) is 3.59. The smallest absolute Gasteiger partial charge is 0.256 e. The fourth-order valence-corrected chi connectivity index (χ4v) is 3.37. The van der Waals surface area contributed by atoms with Gasteiger partial charge in [-0.1, -0.05) is 0 Å². The van der Waals surface area contributed by atoms with E-state index in [0.717, 1.165) is 36.3 Å². The van der Waals surface area contributed by atoms with Crippen molar-refractivity contribution in [2.45, 2.75) is 38.8 Å². The maximum atomic E-state index is 12.9. The van der Waals surface area contributed by atoms with E-state index in [2.05, 4.69) is 23.8 Å². The number of hydrogen-bond donors (Lipinski definition) is 0. The summed E-state index contributed by atoms with van der Waals surface area (Å²) >= 11 is 0. The number of furan rings is 1. The van der Waals surface area contributed by atoms with E-state index in [1.165, 1.54) is 0 Å². The van der Waals surface area contributed by atoms with Crippen LogP contribution in [0.1, 0.15) is 54.9 Å². The summed E-state index contributed by atoms with van der Waals surface area (Å²) in [6.07, 6.45) is 7.00. The molecule has 0 spiro atoms. The fourth-order valence-electron chi connectivity index (χ4n) is 3.37. The molecule has 0 aliphatic carbocycles. The molecule has 1 amide bonds. The second-order valence-electron chi connectivity index (χ2n) is 6.48. The zero-order valence-electron chi connectivity index (χ0n) is 13.8. The van der Waals surface area contributed by atoms with Crippen molar-refractivity contribution in [1.82, 2.24) is 19.4 Å². The topological polar surface area (TPSA) is 64.2 Å². The van der Waals surface area contributed by atoms with Gasteiger partial charge in [0.05, 0.1) is 24.2 Å². The number of pyridine rings is 1. The van der Waals surface area contributed by atoms with E-state index in [4.69, 9.17) is 4.42 Å². The van der Waals surface area contributed by atoms with Crippen LogP contribution >= 0.6 is 0 Å². The monoisotopic (exact) mass is 324 g/mol. The van der Waals surface area contributed by atoms with E-state index in [-0.39, 0.29) is 18.0 Å². The van der Waals surface area contributed by atoms with Crippen LogP contribution in [-0.4, -0.2) is 31.9 Å². The molecule has 0 saturated carbocycles. The molecule has 0 aromatic carbocycles. The highest BCUT2D eigenvalue weighted by atomic mass is 16.3. The van der Waals surface area contributed by atoms with Gasteiger partial charge in [0.2, 0.25) is 0 Å². The Morgan fingerprint density at radius 1 is 1.38 bits per heavy atom. The molecule has 124 valence electrons. The lowest BCUT2D eigenvalue weighted by Crippen LogP contribution is -2.30. The third-order valence-corrected chi connectivity index (χ3v) is 4.60. The minimum atomic E-state index is -0.0117. The van der Waals surface area contributed by atoms with Crippen molar-refractivity contribution in [1.29, 1.82) is 0 Å². The van der Waals surface area contributed by atoms with E-state index in [1.54, 1.807) is 18.8 Å². The van der Waals surface area contributed by atoms with E-state index in [1.807, 2.05) is 27.7 Å². The largest absolute Gasteiger partial charge is 0.467 e. The molecule has 1 aliphatic rings.